The molecule has 2 aliphatic carbocycles. The van der Waals surface area contributed by atoms with Crippen molar-refractivity contribution >= 4 is 40.0 Å². The second-order valence-electron chi connectivity index (χ2n) is 13.3. The number of rotatable bonds is 7. The van der Waals surface area contributed by atoms with E-state index in [1.54, 1.807) is 7.11 Å². The molecular formula is C37H36F3N5O2. The zero-order valence-corrected chi connectivity index (χ0v) is 26.3. The molecule has 3 aromatic carbocycles. The zero-order chi connectivity index (χ0) is 32.6. The number of carbonyl (C=O) groups is 1. The second kappa shape index (κ2) is 11.0. The van der Waals surface area contributed by atoms with E-state index in [0.717, 1.165) is 65.0 Å². The first-order valence-corrected chi connectivity index (χ1v) is 16.2. The molecule has 3 atom stereocenters. The first-order valence-electron chi connectivity index (χ1n) is 16.2. The summed E-state index contributed by atoms with van der Waals surface area (Å²) in [6.07, 6.45) is 3.78. The van der Waals surface area contributed by atoms with Crippen LogP contribution in [0.1, 0.15) is 52.7 Å². The quantitative estimate of drug-likeness (QED) is 0.189. The van der Waals surface area contributed by atoms with Crippen molar-refractivity contribution < 1.29 is 22.7 Å². The van der Waals surface area contributed by atoms with Crippen molar-refractivity contribution in [1.29, 1.82) is 0 Å². The normalized spacial score (nSPS) is 21.1. The van der Waals surface area contributed by atoms with Crippen LogP contribution in [-0.2, 0) is 19.8 Å². The molecule has 2 aromatic heterocycles. The molecule has 3 fully saturated rings. The Bertz CT molecular complexity index is 2050. The summed E-state index contributed by atoms with van der Waals surface area (Å²) >= 11 is 0. The van der Waals surface area contributed by atoms with Gasteiger partial charge >= 0.3 is 6.18 Å². The van der Waals surface area contributed by atoms with Crippen molar-refractivity contribution in [1.82, 2.24) is 19.0 Å². The van der Waals surface area contributed by atoms with Gasteiger partial charge in [-0.2, -0.15) is 13.2 Å². The molecule has 1 aliphatic heterocycles. The largest absolute Gasteiger partial charge is 0.494 e. The number of ether oxygens (including phenoxy) is 1. The Morgan fingerprint density at radius 3 is 2.40 bits per heavy atom. The number of amides is 1. The topological polar surface area (TPSA) is 78.3 Å². The zero-order valence-electron chi connectivity index (χ0n) is 26.3. The van der Waals surface area contributed by atoms with Gasteiger partial charge in [-0.3, -0.25) is 4.79 Å². The van der Waals surface area contributed by atoms with E-state index in [4.69, 9.17) is 15.5 Å². The number of nitrogens with zero attached hydrogens (tertiary/aromatic N) is 4. The molecule has 2 bridgehead atoms. The number of likely N-dealkylation sites (tertiary alicyclic amines) is 1. The molecule has 1 saturated heterocycles. The van der Waals surface area contributed by atoms with Gasteiger partial charge in [-0.1, -0.05) is 30.4 Å². The molecule has 2 saturated carbocycles. The molecule has 5 aromatic rings. The predicted molar refractivity (Wildman–Crippen MR) is 177 cm³/mol. The highest BCUT2D eigenvalue weighted by atomic mass is 19.4. The fraction of sp³-hybridized carbons (Fsp3) is 0.351. The molecule has 242 valence electrons. The third-order valence-electron chi connectivity index (χ3n) is 10.3. The number of aryl methyl sites for hydroxylation is 1. The number of fused-ring (bicyclic) bond motifs is 4. The minimum absolute atomic E-state index is 0.0280. The summed E-state index contributed by atoms with van der Waals surface area (Å²) < 4.78 is 49.1. The summed E-state index contributed by atoms with van der Waals surface area (Å²) in [5, 5.41) is 1.05. The van der Waals surface area contributed by atoms with Crippen LogP contribution in [-0.4, -0.2) is 50.7 Å². The molecule has 1 unspecified atom stereocenters. The number of benzene rings is 3. The Morgan fingerprint density at radius 1 is 1.00 bits per heavy atom. The lowest BCUT2D eigenvalue weighted by Gasteiger charge is -2.27. The lowest BCUT2D eigenvalue weighted by Crippen LogP contribution is -2.41. The van der Waals surface area contributed by atoms with Crippen LogP contribution < -0.4 is 10.5 Å². The van der Waals surface area contributed by atoms with Crippen LogP contribution in [0.4, 0.5) is 13.2 Å². The van der Waals surface area contributed by atoms with Crippen LogP contribution in [0.3, 0.4) is 0 Å². The lowest BCUT2D eigenvalue weighted by atomic mass is 10.1. The van der Waals surface area contributed by atoms with E-state index in [1.165, 1.54) is 25.0 Å². The highest BCUT2D eigenvalue weighted by Gasteiger charge is 2.47. The van der Waals surface area contributed by atoms with Crippen molar-refractivity contribution in [3.8, 4) is 17.3 Å². The van der Waals surface area contributed by atoms with Gasteiger partial charge in [0, 0.05) is 48.7 Å². The molecule has 2 N–H and O–H groups in total. The number of piperidine rings is 1. The van der Waals surface area contributed by atoms with Gasteiger partial charge in [0.2, 0.25) is 0 Å². The molecule has 47 heavy (non-hydrogen) atoms. The lowest BCUT2D eigenvalue weighted by molar-refractivity contribution is -0.137. The van der Waals surface area contributed by atoms with Crippen LogP contribution in [0.5, 0.6) is 5.75 Å². The highest BCUT2D eigenvalue weighted by molar-refractivity contribution is 6.00. The molecule has 0 radical (unpaired) electrons. The van der Waals surface area contributed by atoms with Crippen molar-refractivity contribution in [2.24, 2.45) is 24.6 Å². The third-order valence-corrected chi connectivity index (χ3v) is 10.3. The minimum Gasteiger partial charge on any atom is -0.494 e. The van der Waals surface area contributed by atoms with E-state index in [-0.39, 0.29) is 18.0 Å². The maximum absolute atomic E-state index is 13.7. The van der Waals surface area contributed by atoms with E-state index < -0.39 is 11.7 Å². The molecule has 10 heteroatoms. The Labute approximate surface area is 270 Å². The van der Waals surface area contributed by atoms with Gasteiger partial charge < -0.3 is 24.5 Å². The fourth-order valence-corrected chi connectivity index (χ4v) is 7.58. The van der Waals surface area contributed by atoms with E-state index in [0.29, 0.717) is 40.8 Å². The first-order chi connectivity index (χ1) is 22.6. The number of imidazole rings is 1. The van der Waals surface area contributed by atoms with Gasteiger partial charge in [-0.25, -0.2) is 4.98 Å². The molecule has 3 heterocycles. The molecular weight excluding hydrogens is 603 g/mol. The molecule has 7 nitrogen and oxygen atoms in total. The third kappa shape index (κ3) is 5.19. The number of alkyl halides is 3. The number of nitrogens with two attached hydrogens (primary N) is 1. The van der Waals surface area contributed by atoms with E-state index in [2.05, 4.69) is 22.8 Å². The van der Waals surface area contributed by atoms with Crippen LogP contribution in [0, 0.1) is 11.8 Å². The molecule has 3 aliphatic rings. The highest BCUT2D eigenvalue weighted by Crippen LogP contribution is 2.40. The Hall–Kier alpha value is -4.57. The first kappa shape index (κ1) is 29.8. The maximum Gasteiger partial charge on any atom is 0.416 e. The number of aromatic nitrogens is 3. The van der Waals surface area contributed by atoms with Crippen LogP contribution in [0.15, 0.2) is 60.7 Å². The minimum atomic E-state index is -4.36. The maximum atomic E-state index is 13.7. The van der Waals surface area contributed by atoms with Crippen molar-refractivity contribution in [3.63, 3.8) is 0 Å². The van der Waals surface area contributed by atoms with Crippen LogP contribution in [0.25, 0.3) is 45.6 Å². The van der Waals surface area contributed by atoms with Crippen molar-refractivity contribution in [3.05, 3.63) is 82.9 Å². The SMILES string of the molecule is COc1cc(C(=O)N2C[C@H]3CCC2[C@H]3N)cc2nc(-c3cc4cc(/C=C/c5ccc(C(F)(F)F)cc5)ccc4n3CC3CC3)n(C)c12. The predicted octanol–water partition coefficient (Wildman–Crippen LogP) is 7.36. The number of halogens is 3. The Balaban J connectivity index is 1.16. The molecule has 1 amide bonds. The summed E-state index contributed by atoms with van der Waals surface area (Å²) in [5.41, 5.74) is 11.5. The van der Waals surface area contributed by atoms with Crippen molar-refractivity contribution in [2.75, 3.05) is 13.7 Å². The summed E-state index contributed by atoms with van der Waals surface area (Å²) in [5.74, 6) is 2.33. The smallest absolute Gasteiger partial charge is 0.416 e. The summed E-state index contributed by atoms with van der Waals surface area (Å²) in [4.78, 5) is 20.7. The van der Waals surface area contributed by atoms with E-state index in [9.17, 15) is 18.0 Å². The van der Waals surface area contributed by atoms with Crippen LogP contribution >= 0.6 is 0 Å². The summed E-state index contributed by atoms with van der Waals surface area (Å²) in [6.45, 7) is 1.57. The van der Waals surface area contributed by atoms with Crippen LogP contribution in [0.2, 0.25) is 0 Å². The van der Waals surface area contributed by atoms with Gasteiger partial charge in [0.05, 0.1) is 23.9 Å². The summed E-state index contributed by atoms with van der Waals surface area (Å²) in [7, 11) is 3.59. The molecule has 8 rings (SSSR count). The van der Waals surface area contributed by atoms with Gasteiger partial charge in [0.15, 0.2) is 5.82 Å². The fourth-order valence-electron chi connectivity index (χ4n) is 7.58. The Kier molecular flexibility index (Phi) is 6.98. The van der Waals surface area contributed by atoms with Gasteiger partial charge in [-0.15, -0.1) is 0 Å². The summed E-state index contributed by atoms with van der Waals surface area (Å²) in [6, 6.07) is 17.4. The van der Waals surface area contributed by atoms with Crippen molar-refractivity contribution in [2.45, 2.75) is 50.5 Å². The average Bonchev–Trinajstić information content (AvgIpc) is 3.46. The van der Waals surface area contributed by atoms with Gasteiger partial charge in [0.25, 0.3) is 5.91 Å². The standard InChI is InChI=1S/C37H36F3N5O2/c1-43-34-28(16-26(18-32(34)47-2)36(46)45-20-24-10-14-30(45)33(24)41)42-35(43)31-17-25-15-22(9-13-29(25)44(31)19-23-5-6-23)4-3-21-7-11-27(12-8-21)37(38,39)40/h3-4,7-9,11-13,15-18,23-24,30,33H,5-6,10,14,19-20,41H2,1-2H3/b4-3+/t24-,30?,33+/m1/s1. The number of hydrogen-bond acceptors (Lipinski definition) is 4. The van der Waals surface area contributed by atoms with E-state index >= 15 is 0 Å². The molecule has 0 spiro atoms. The number of methoxy groups -OCH3 is 1. The number of hydrogen-bond donors (Lipinski definition) is 1. The monoisotopic (exact) mass is 639 g/mol. The van der Waals surface area contributed by atoms with Gasteiger partial charge in [0.1, 0.15) is 11.3 Å². The second-order valence-corrected chi connectivity index (χ2v) is 13.3. The number of carbonyl (C=O) groups excluding carboxylic acids is 1. The van der Waals surface area contributed by atoms with E-state index in [1.807, 2.05) is 46.9 Å². The average molecular weight is 640 g/mol. The Morgan fingerprint density at radius 2 is 1.74 bits per heavy atom. The van der Waals surface area contributed by atoms with Gasteiger partial charge in [-0.05, 0) is 91.1 Å².